The molecule has 0 radical (unpaired) electrons. The number of phenolic OH excluding ortho intramolecular Hbond substituents is 2. The van der Waals surface area contributed by atoms with E-state index in [1.807, 2.05) is 12.1 Å². The zero-order valence-corrected chi connectivity index (χ0v) is 12.0. The van der Waals surface area contributed by atoms with Gasteiger partial charge in [0.1, 0.15) is 0 Å². The van der Waals surface area contributed by atoms with Crippen molar-refractivity contribution in [2.75, 3.05) is 13.6 Å². The lowest BCUT2D eigenvalue weighted by Gasteiger charge is -2.56. The first-order valence-electron chi connectivity index (χ1n) is 7.48. The molecular formula is C17H19NO3. The normalized spacial score (nSPS) is 34.4. The maximum atomic E-state index is 12.1. The summed E-state index contributed by atoms with van der Waals surface area (Å²) in [5, 5.41) is 20.4. The number of ketones is 1. The molecule has 4 rings (SSSR count). The minimum Gasteiger partial charge on any atom is -0.504 e. The van der Waals surface area contributed by atoms with E-state index in [0.29, 0.717) is 12.5 Å². The van der Waals surface area contributed by atoms with E-state index in [2.05, 4.69) is 11.9 Å². The molecule has 0 spiro atoms. The van der Waals surface area contributed by atoms with Crippen molar-refractivity contribution in [3.05, 3.63) is 35.4 Å². The van der Waals surface area contributed by atoms with Gasteiger partial charge in [-0.2, -0.15) is 0 Å². The Hall–Kier alpha value is -1.81. The molecule has 0 unspecified atom stereocenters. The van der Waals surface area contributed by atoms with Gasteiger partial charge in [0.05, 0.1) is 0 Å². The summed E-state index contributed by atoms with van der Waals surface area (Å²) in [4.78, 5) is 14.4. The van der Waals surface area contributed by atoms with Crippen LogP contribution in [0.1, 0.15) is 24.0 Å². The second-order valence-corrected chi connectivity index (χ2v) is 6.65. The summed E-state index contributed by atoms with van der Waals surface area (Å²) in [6.45, 7) is 0.914. The van der Waals surface area contributed by atoms with Gasteiger partial charge < -0.3 is 15.1 Å². The van der Waals surface area contributed by atoms with E-state index < -0.39 is 0 Å². The summed E-state index contributed by atoms with van der Waals surface area (Å²) >= 11 is 0. The summed E-state index contributed by atoms with van der Waals surface area (Å²) in [6.07, 6.45) is 5.84. The van der Waals surface area contributed by atoms with Crippen LogP contribution in [0, 0.1) is 5.92 Å². The van der Waals surface area contributed by atoms with Crippen LogP contribution in [-0.2, 0) is 16.6 Å². The second-order valence-electron chi connectivity index (χ2n) is 6.65. The molecule has 1 aliphatic heterocycles. The Morgan fingerprint density at radius 2 is 2.14 bits per heavy atom. The van der Waals surface area contributed by atoms with Gasteiger partial charge in [0.25, 0.3) is 0 Å². The van der Waals surface area contributed by atoms with Crippen LogP contribution in [0.4, 0.5) is 0 Å². The third-order valence-corrected chi connectivity index (χ3v) is 5.68. The maximum absolute atomic E-state index is 12.1. The SMILES string of the molecule is CN1CC[C@]23CC(=O)C=C[C@H]2[C@H]1Cc1ccc(O)c(O)c13. The van der Waals surface area contributed by atoms with E-state index in [1.54, 1.807) is 12.1 Å². The van der Waals surface area contributed by atoms with Crippen LogP contribution in [0.3, 0.4) is 0 Å². The molecule has 2 bridgehead atoms. The maximum Gasteiger partial charge on any atom is 0.161 e. The Bertz CT molecular complexity index is 666. The van der Waals surface area contributed by atoms with Gasteiger partial charge in [0, 0.05) is 29.4 Å². The topological polar surface area (TPSA) is 60.8 Å². The first-order valence-corrected chi connectivity index (χ1v) is 7.48. The van der Waals surface area contributed by atoms with Crippen LogP contribution in [0.2, 0.25) is 0 Å². The van der Waals surface area contributed by atoms with Crippen LogP contribution in [0.5, 0.6) is 11.5 Å². The number of carbonyl (C=O) groups excluding carboxylic acids is 1. The molecule has 3 aliphatic rings. The number of rotatable bonds is 0. The van der Waals surface area contributed by atoms with Gasteiger partial charge in [-0.3, -0.25) is 4.79 Å². The molecule has 1 fully saturated rings. The van der Waals surface area contributed by atoms with Crippen LogP contribution >= 0.6 is 0 Å². The molecule has 4 nitrogen and oxygen atoms in total. The number of phenols is 2. The van der Waals surface area contributed by atoms with E-state index in [0.717, 1.165) is 30.5 Å². The molecule has 2 N–H and O–H groups in total. The molecule has 4 heteroatoms. The van der Waals surface area contributed by atoms with E-state index in [-0.39, 0.29) is 28.6 Å². The number of hydrogen-bond donors (Lipinski definition) is 2. The number of hydrogen-bond acceptors (Lipinski definition) is 4. The average molecular weight is 285 g/mol. The Morgan fingerprint density at radius 3 is 2.95 bits per heavy atom. The van der Waals surface area contributed by atoms with Crippen LogP contribution in [-0.4, -0.2) is 40.5 Å². The summed E-state index contributed by atoms with van der Waals surface area (Å²) in [5.41, 5.74) is 1.54. The van der Waals surface area contributed by atoms with E-state index >= 15 is 0 Å². The number of fused-ring (bicyclic) bond motifs is 1. The van der Waals surface area contributed by atoms with Crippen molar-refractivity contribution in [2.24, 2.45) is 5.92 Å². The Morgan fingerprint density at radius 1 is 1.33 bits per heavy atom. The lowest BCUT2D eigenvalue weighted by atomic mass is 9.53. The van der Waals surface area contributed by atoms with E-state index in [4.69, 9.17) is 0 Å². The molecule has 1 heterocycles. The van der Waals surface area contributed by atoms with Crippen LogP contribution < -0.4 is 0 Å². The van der Waals surface area contributed by atoms with Gasteiger partial charge in [0.15, 0.2) is 17.3 Å². The summed E-state index contributed by atoms with van der Waals surface area (Å²) in [5.74, 6) is 0.240. The molecule has 110 valence electrons. The average Bonchev–Trinajstić information content (AvgIpc) is 2.46. The number of nitrogens with zero attached hydrogens (tertiary/aromatic N) is 1. The number of carbonyl (C=O) groups is 1. The molecule has 0 aromatic heterocycles. The van der Waals surface area contributed by atoms with Crippen molar-refractivity contribution < 1.29 is 15.0 Å². The molecule has 21 heavy (non-hydrogen) atoms. The Labute approximate surface area is 123 Å². The minimum absolute atomic E-state index is 0.0244. The Kier molecular flexibility index (Phi) is 2.52. The third kappa shape index (κ3) is 1.57. The minimum atomic E-state index is -0.348. The molecule has 1 saturated heterocycles. The molecule has 0 amide bonds. The zero-order chi connectivity index (χ0) is 14.8. The number of likely N-dealkylation sites (tertiary alicyclic amines) is 1. The summed E-state index contributed by atoms with van der Waals surface area (Å²) in [7, 11) is 2.13. The third-order valence-electron chi connectivity index (χ3n) is 5.68. The van der Waals surface area contributed by atoms with Crippen LogP contribution in [0.25, 0.3) is 0 Å². The second kappa shape index (κ2) is 4.10. The number of aromatic hydroxyl groups is 2. The van der Waals surface area contributed by atoms with Gasteiger partial charge in [-0.1, -0.05) is 12.1 Å². The standard InChI is InChI=1S/C17H19NO3/c1-18-7-6-17-9-11(19)3-4-12(17)13(18)8-10-2-5-14(20)16(21)15(10)17/h2-5,12-13,20-21H,6-9H2,1H3/t12-,13+,17-/m0/s1. The summed E-state index contributed by atoms with van der Waals surface area (Å²) < 4.78 is 0. The fraction of sp³-hybridized carbons (Fsp3) is 0.471. The van der Waals surface area contributed by atoms with Crippen LogP contribution in [0.15, 0.2) is 24.3 Å². The summed E-state index contributed by atoms with van der Waals surface area (Å²) in [6, 6.07) is 3.82. The number of likely N-dealkylation sites (N-methyl/N-ethyl adjacent to an activating group) is 1. The molecular weight excluding hydrogens is 266 g/mol. The van der Waals surface area contributed by atoms with Gasteiger partial charge in [0.2, 0.25) is 0 Å². The smallest absolute Gasteiger partial charge is 0.161 e. The fourth-order valence-electron chi connectivity index (χ4n) is 4.69. The molecule has 2 aliphatic carbocycles. The van der Waals surface area contributed by atoms with Crippen molar-refractivity contribution in [1.82, 2.24) is 4.90 Å². The quantitative estimate of drug-likeness (QED) is 0.713. The van der Waals surface area contributed by atoms with Gasteiger partial charge in [-0.05, 0) is 44.1 Å². The van der Waals surface area contributed by atoms with Crippen molar-refractivity contribution in [3.8, 4) is 11.5 Å². The molecule has 0 saturated carbocycles. The molecule has 3 atom stereocenters. The fourth-order valence-corrected chi connectivity index (χ4v) is 4.69. The highest BCUT2D eigenvalue weighted by Gasteiger charge is 2.54. The molecule has 1 aromatic rings. The number of piperidine rings is 1. The van der Waals surface area contributed by atoms with Crippen molar-refractivity contribution in [3.63, 3.8) is 0 Å². The Balaban J connectivity index is 2.00. The number of benzene rings is 1. The highest BCUT2D eigenvalue weighted by atomic mass is 16.3. The zero-order valence-electron chi connectivity index (χ0n) is 12.0. The van der Waals surface area contributed by atoms with Gasteiger partial charge in [-0.25, -0.2) is 0 Å². The molecule has 1 aromatic carbocycles. The lowest BCUT2D eigenvalue weighted by Crippen LogP contribution is -2.59. The predicted molar refractivity (Wildman–Crippen MR) is 78.4 cm³/mol. The predicted octanol–water partition coefficient (Wildman–Crippen LogP) is 1.74. The number of allylic oxidation sites excluding steroid dienone is 1. The lowest BCUT2D eigenvalue weighted by molar-refractivity contribution is -0.118. The van der Waals surface area contributed by atoms with E-state index in [1.165, 1.54) is 0 Å². The monoisotopic (exact) mass is 285 g/mol. The van der Waals surface area contributed by atoms with Crippen molar-refractivity contribution in [2.45, 2.75) is 30.7 Å². The van der Waals surface area contributed by atoms with Crippen molar-refractivity contribution in [1.29, 1.82) is 0 Å². The largest absolute Gasteiger partial charge is 0.504 e. The first-order chi connectivity index (χ1) is 10.0. The first kappa shape index (κ1) is 12.9. The van der Waals surface area contributed by atoms with Gasteiger partial charge >= 0.3 is 0 Å². The highest BCUT2D eigenvalue weighted by Crippen LogP contribution is 2.56. The van der Waals surface area contributed by atoms with E-state index in [9.17, 15) is 15.0 Å². The van der Waals surface area contributed by atoms with Gasteiger partial charge in [-0.15, -0.1) is 0 Å². The highest BCUT2D eigenvalue weighted by molar-refractivity contribution is 5.92. The van der Waals surface area contributed by atoms with Crippen molar-refractivity contribution >= 4 is 5.78 Å².